The number of carbonyl (C=O) groups is 1. The van der Waals surface area contributed by atoms with Crippen LogP contribution in [0.15, 0.2) is 76.2 Å². The van der Waals surface area contributed by atoms with Gasteiger partial charge in [-0.25, -0.2) is 12.8 Å². The van der Waals surface area contributed by atoms with Crippen LogP contribution in [0, 0.1) is 5.82 Å². The first-order valence-corrected chi connectivity index (χ1v) is 9.48. The quantitative estimate of drug-likeness (QED) is 0.719. The number of hydrogen-bond acceptors (Lipinski definition) is 4. The Labute approximate surface area is 150 Å². The molecular formula is C19H16FNO4S. The zero-order valence-corrected chi connectivity index (χ0v) is 14.5. The van der Waals surface area contributed by atoms with Gasteiger partial charge in [0.15, 0.2) is 15.6 Å². The summed E-state index contributed by atoms with van der Waals surface area (Å²) >= 11 is 0. The van der Waals surface area contributed by atoms with E-state index < -0.39 is 21.6 Å². The van der Waals surface area contributed by atoms with Crippen LogP contribution in [-0.4, -0.2) is 14.3 Å². The van der Waals surface area contributed by atoms with E-state index in [2.05, 4.69) is 5.32 Å². The molecule has 0 unspecified atom stereocenters. The van der Waals surface area contributed by atoms with Crippen LogP contribution in [0.3, 0.4) is 0 Å². The largest absolute Gasteiger partial charge is 0.459 e. The summed E-state index contributed by atoms with van der Waals surface area (Å²) in [4.78, 5) is 12.5. The van der Waals surface area contributed by atoms with Crippen molar-refractivity contribution in [1.82, 2.24) is 5.32 Å². The number of nitrogens with one attached hydrogen (secondary N) is 1. The Morgan fingerprint density at radius 2 is 1.81 bits per heavy atom. The Hall–Kier alpha value is -2.93. The van der Waals surface area contributed by atoms with Crippen molar-refractivity contribution in [2.75, 3.05) is 0 Å². The summed E-state index contributed by atoms with van der Waals surface area (Å²) in [5.41, 5.74) is 0.856. The Bertz CT molecular complexity index is 1010. The van der Waals surface area contributed by atoms with Gasteiger partial charge in [0.1, 0.15) is 5.82 Å². The molecule has 0 aliphatic heterocycles. The summed E-state index contributed by atoms with van der Waals surface area (Å²) in [5.74, 6) is -1.38. The Kier molecular flexibility index (Phi) is 5.18. The fourth-order valence-electron chi connectivity index (χ4n) is 2.47. The van der Waals surface area contributed by atoms with Crippen molar-refractivity contribution < 1.29 is 22.0 Å². The van der Waals surface area contributed by atoms with Crippen LogP contribution in [-0.2, 0) is 22.1 Å². The molecule has 0 fully saturated rings. The summed E-state index contributed by atoms with van der Waals surface area (Å²) in [6, 6.07) is 15.3. The van der Waals surface area contributed by atoms with E-state index in [0.29, 0.717) is 5.56 Å². The molecule has 0 bridgehead atoms. The van der Waals surface area contributed by atoms with Gasteiger partial charge in [-0.2, -0.15) is 0 Å². The van der Waals surface area contributed by atoms with Gasteiger partial charge in [0, 0.05) is 12.1 Å². The van der Waals surface area contributed by atoms with E-state index in [4.69, 9.17) is 4.42 Å². The highest BCUT2D eigenvalue weighted by Crippen LogP contribution is 2.20. The molecule has 3 aromatic rings. The fourth-order valence-corrected chi connectivity index (χ4v) is 3.85. The lowest BCUT2D eigenvalue weighted by Gasteiger charge is -2.07. The van der Waals surface area contributed by atoms with E-state index in [0.717, 1.165) is 0 Å². The minimum absolute atomic E-state index is 0.0686. The number of rotatable bonds is 6. The Morgan fingerprint density at radius 1 is 1.04 bits per heavy atom. The predicted octanol–water partition coefficient (Wildman–Crippen LogP) is 3.32. The molecule has 0 aliphatic carbocycles. The molecule has 0 aliphatic rings. The molecule has 1 amide bonds. The lowest BCUT2D eigenvalue weighted by atomic mass is 10.2. The minimum Gasteiger partial charge on any atom is -0.459 e. The molecular weight excluding hydrogens is 357 g/mol. The molecule has 26 heavy (non-hydrogen) atoms. The molecule has 0 radical (unpaired) electrons. The van der Waals surface area contributed by atoms with Crippen molar-refractivity contribution in [3.8, 4) is 0 Å². The molecule has 0 spiro atoms. The van der Waals surface area contributed by atoms with Crippen LogP contribution >= 0.6 is 0 Å². The summed E-state index contributed by atoms with van der Waals surface area (Å²) < 4.78 is 43.3. The molecule has 1 aromatic heterocycles. The van der Waals surface area contributed by atoms with Gasteiger partial charge in [-0.05, 0) is 35.9 Å². The SMILES string of the molecule is O=C(NCc1cccc(F)c1)c1occc1CS(=O)(=O)c1ccccc1. The van der Waals surface area contributed by atoms with Gasteiger partial charge in [0.2, 0.25) is 0 Å². The average molecular weight is 373 g/mol. The number of hydrogen-bond donors (Lipinski definition) is 1. The summed E-state index contributed by atoms with van der Waals surface area (Å²) in [6.07, 6.45) is 1.27. The van der Waals surface area contributed by atoms with Gasteiger partial charge in [0.25, 0.3) is 5.91 Å². The normalized spacial score (nSPS) is 11.3. The van der Waals surface area contributed by atoms with E-state index in [1.54, 1.807) is 30.3 Å². The summed E-state index contributed by atoms with van der Waals surface area (Å²) in [5, 5.41) is 2.60. The van der Waals surface area contributed by atoms with Gasteiger partial charge in [0.05, 0.1) is 16.9 Å². The van der Waals surface area contributed by atoms with Crippen molar-refractivity contribution in [2.24, 2.45) is 0 Å². The number of carbonyl (C=O) groups excluding carboxylic acids is 1. The first kappa shape index (κ1) is 17.9. The first-order chi connectivity index (χ1) is 12.5. The molecule has 0 saturated carbocycles. The van der Waals surface area contributed by atoms with Crippen LogP contribution in [0.1, 0.15) is 21.7 Å². The smallest absolute Gasteiger partial charge is 0.287 e. The van der Waals surface area contributed by atoms with Gasteiger partial charge in [-0.3, -0.25) is 4.79 Å². The lowest BCUT2D eigenvalue weighted by Crippen LogP contribution is -2.23. The molecule has 3 rings (SSSR count). The van der Waals surface area contributed by atoms with Crippen molar-refractivity contribution in [2.45, 2.75) is 17.2 Å². The highest BCUT2D eigenvalue weighted by Gasteiger charge is 2.22. The van der Waals surface area contributed by atoms with E-state index in [1.165, 1.54) is 36.6 Å². The first-order valence-electron chi connectivity index (χ1n) is 7.82. The molecule has 0 atom stereocenters. The molecule has 7 heteroatoms. The average Bonchev–Trinajstić information content (AvgIpc) is 3.08. The van der Waals surface area contributed by atoms with Gasteiger partial charge < -0.3 is 9.73 Å². The van der Waals surface area contributed by atoms with Crippen LogP contribution < -0.4 is 5.32 Å². The molecule has 2 aromatic carbocycles. The monoisotopic (exact) mass is 373 g/mol. The fraction of sp³-hybridized carbons (Fsp3) is 0.105. The topological polar surface area (TPSA) is 76.4 Å². The second-order valence-electron chi connectivity index (χ2n) is 5.66. The summed E-state index contributed by atoms with van der Waals surface area (Å²) in [7, 11) is -3.60. The molecule has 1 N–H and O–H groups in total. The van der Waals surface area contributed by atoms with E-state index >= 15 is 0 Å². The number of halogens is 1. The standard InChI is InChI=1S/C19H16FNO4S/c20-16-6-4-5-14(11-16)12-21-19(22)18-15(9-10-25-18)13-26(23,24)17-7-2-1-3-8-17/h1-11H,12-13H2,(H,21,22). The van der Waals surface area contributed by atoms with Crippen molar-refractivity contribution in [3.63, 3.8) is 0 Å². The summed E-state index contributed by atoms with van der Waals surface area (Å²) in [6.45, 7) is 0.0994. The molecule has 0 saturated heterocycles. The van der Waals surface area contributed by atoms with Gasteiger partial charge in [-0.1, -0.05) is 30.3 Å². The zero-order valence-electron chi connectivity index (χ0n) is 13.7. The van der Waals surface area contributed by atoms with E-state index in [9.17, 15) is 17.6 Å². The third kappa shape index (κ3) is 4.18. The predicted molar refractivity (Wildman–Crippen MR) is 93.6 cm³/mol. The van der Waals surface area contributed by atoms with Crippen LogP contribution in [0.5, 0.6) is 0 Å². The van der Waals surface area contributed by atoms with Crippen molar-refractivity contribution in [1.29, 1.82) is 0 Å². The second kappa shape index (κ2) is 7.53. The third-order valence-corrected chi connectivity index (χ3v) is 5.42. The van der Waals surface area contributed by atoms with Crippen LogP contribution in [0.2, 0.25) is 0 Å². The van der Waals surface area contributed by atoms with Crippen LogP contribution in [0.4, 0.5) is 4.39 Å². The second-order valence-corrected chi connectivity index (χ2v) is 7.65. The maximum absolute atomic E-state index is 13.2. The van der Waals surface area contributed by atoms with E-state index in [-0.39, 0.29) is 28.5 Å². The van der Waals surface area contributed by atoms with Crippen molar-refractivity contribution >= 4 is 15.7 Å². The van der Waals surface area contributed by atoms with Crippen molar-refractivity contribution in [3.05, 3.63) is 89.6 Å². The molecule has 5 nitrogen and oxygen atoms in total. The number of sulfone groups is 1. The van der Waals surface area contributed by atoms with E-state index in [1.807, 2.05) is 0 Å². The van der Waals surface area contributed by atoms with Gasteiger partial charge >= 0.3 is 0 Å². The number of benzene rings is 2. The molecule has 134 valence electrons. The zero-order chi connectivity index (χ0) is 18.6. The third-order valence-electron chi connectivity index (χ3n) is 3.74. The number of furan rings is 1. The minimum atomic E-state index is -3.60. The maximum Gasteiger partial charge on any atom is 0.287 e. The Balaban J connectivity index is 1.73. The Morgan fingerprint density at radius 3 is 2.54 bits per heavy atom. The highest BCUT2D eigenvalue weighted by molar-refractivity contribution is 7.90. The van der Waals surface area contributed by atoms with Crippen LogP contribution in [0.25, 0.3) is 0 Å². The van der Waals surface area contributed by atoms with Gasteiger partial charge in [-0.15, -0.1) is 0 Å². The number of amides is 1. The highest BCUT2D eigenvalue weighted by atomic mass is 32.2. The lowest BCUT2D eigenvalue weighted by molar-refractivity contribution is 0.0922. The molecule has 1 heterocycles. The maximum atomic E-state index is 13.2.